The number of ketones is 1. The number of Topliss-reactive ketones (excluding diaryl/α,β-unsaturated/α-hetero) is 1. The Morgan fingerprint density at radius 3 is 2.41 bits per heavy atom. The Morgan fingerprint density at radius 2 is 1.75 bits per heavy atom. The number of rotatable bonds is 7. The second kappa shape index (κ2) is 9.99. The molecule has 1 aromatic heterocycles. The molecule has 1 aliphatic rings. The number of amides is 1. The van der Waals surface area contributed by atoms with Crippen molar-refractivity contribution in [1.29, 1.82) is 0 Å². The number of hydrogen-bond donors (Lipinski definition) is 0. The van der Waals surface area contributed by atoms with Crippen LogP contribution in [0.1, 0.15) is 28.8 Å². The van der Waals surface area contributed by atoms with E-state index in [-0.39, 0.29) is 17.6 Å². The van der Waals surface area contributed by atoms with Crippen molar-refractivity contribution in [2.75, 3.05) is 26.0 Å². The second-order valence-corrected chi connectivity index (χ2v) is 8.80. The number of carbonyl (C=O) groups is 2. The molecule has 4 rings (SSSR count). The van der Waals surface area contributed by atoms with Crippen molar-refractivity contribution in [3.63, 3.8) is 0 Å². The summed E-state index contributed by atoms with van der Waals surface area (Å²) in [4.78, 5) is 27.4. The summed E-state index contributed by atoms with van der Waals surface area (Å²) in [7, 11) is 1.61. The summed E-state index contributed by atoms with van der Waals surface area (Å²) in [5, 5.41) is 8.85. The van der Waals surface area contributed by atoms with Crippen LogP contribution < -0.4 is 4.74 Å². The first-order valence-corrected chi connectivity index (χ1v) is 11.6. The van der Waals surface area contributed by atoms with Gasteiger partial charge in [-0.05, 0) is 56.2 Å². The lowest BCUT2D eigenvalue weighted by Crippen LogP contribution is -2.41. The first-order valence-electron chi connectivity index (χ1n) is 10.6. The van der Waals surface area contributed by atoms with Crippen molar-refractivity contribution in [2.24, 2.45) is 5.92 Å². The number of nitrogens with zero attached hydrogens (tertiary/aromatic N) is 4. The van der Waals surface area contributed by atoms with Gasteiger partial charge in [0.05, 0.1) is 12.9 Å². The number of hydrogen-bond acceptors (Lipinski definition) is 6. The third kappa shape index (κ3) is 5.02. The molecule has 0 atom stereocenters. The first-order chi connectivity index (χ1) is 15.5. The van der Waals surface area contributed by atoms with Crippen LogP contribution in [0.3, 0.4) is 0 Å². The maximum absolute atomic E-state index is 12.8. The molecule has 1 aliphatic heterocycles. The van der Waals surface area contributed by atoms with Gasteiger partial charge in [-0.15, -0.1) is 10.2 Å². The summed E-state index contributed by atoms with van der Waals surface area (Å²) in [6, 6.07) is 15.3. The zero-order chi connectivity index (χ0) is 22.5. The van der Waals surface area contributed by atoms with Gasteiger partial charge < -0.3 is 9.64 Å². The van der Waals surface area contributed by atoms with Gasteiger partial charge in [0.2, 0.25) is 5.91 Å². The molecule has 1 fully saturated rings. The van der Waals surface area contributed by atoms with Gasteiger partial charge in [-0.25, -0.2) is 0 Å². The van der Waals surface area contributed by atoms with Gasteiger partial charge in [0, 0.05) is 30.3 Å². The summed E-state index contributed by atoms with van der Waals surface area (Å²) < 4.78 is 7.04. The van der Waals surface area contributed by atoms with Crippen LogP contribution in [0, 0.1) is 12.8 Å². The summed E-state index contributed by atoms with van der Waals surface area (Å²) in [5.74, 6) is 1.17. The lowest BCUT2D eigenvalue weighted by Gasteiger charge is -2.31. The molecule has 3 aromatic rings. The molecular weight excluding hydrogens is 424 g/mol. The topological polar surface area (TPSA) is 77.3 Å². The van der Waals surface area contributed by atoms with E-state index in [1.807, 2.05) is 40.7 Å². The number of benzene rings is 2. The minimum absolute atomic E-state index is 0.0512. The van der Waals surface area contributed by atoms with E-state index in [1.54, 1.807) is 37.7 Å². The molecule has 0 N–H and O–H groups in total. The van der Waals surface area contributed by atoms with Crippen LogP contribution >= 0.6 is 11.8 Å². The normalized spacial score (nSPS) is 14.4. The van der Waals surface area contributed by atoms with E-state index in [0.29, 0.717) is 42.4 Å². The zero-order valence-corrected chi connectivity index (χ0v) is 19.0. The standard InChI is InChI=1S/C24H26N4O3S/c1-17-3-7-20(8-4-17)28-16-25-26-24(28)32-15-22(29)27-13-11-19(12-14-27)23(30)18-5-9-21(31-2)10-6-18/h3-10,16,19H,11-15H2,1-2H3. The molecule has 0 aliphatic carbocycles. The number of piperidine rings is 1. The van der Waals surface area contributed by atoms with E-state index in [1.165, 1.54) is 17.3 Å². The van der Waals surface area contributed by atoms with Crippen molar-refractivity contribution in [1.82, 2.24) is 19.7 Å². The molecule has 2 aromatic carbocycles. The van der Waals surface area contributed by atoms with Gasteiger partial charge in [0.25, 0.3) is 0 Å². The highest BCUT2D eigenvalue weighted by molar-refractivity contribution is 7.99. The van der Waals surface area contributed by atoms with Crippen LogP contribution in [-0.4, -0.2) is 57.3 Å². The third-order valence-corrected chi connectivity index (χ3v) is 6.67. The van der Waals surface area contributed by atoms with Crippen molar-refractivity contribution in [3.05, 3.63) is 66.0 Å². The zero-order valence-electron chi connectivity index (χ0n) is 18.2. The number of methoxy groups -OCH3 is 1. The van der Waals surface area contributed by atoms with Crippen molar-refractivity contribution >= 4 is 23.5 Å². The molecule has 166 valence electrons. The lowest BCUT2D eigenvalue weighted by atomic mass is 9.89. The van der Waals surface area contributed by atoms with Crippen molar-refractivity contribution < 1.29 is 14.3 Å². The Hall–Kier alpha value is -3.13. The number of ether oxygens (including phenoxy) is 1. The van der Waals surface area contributed by atoms with Crippen LogP contribution in [0.5, 0.6) is 5.75 Å². The minimum atomic E-state index is -0.0512. The first kappa shape index (κ1) is 22.1. The summed E-state index contributed by atoms with van der Waals surface area (Å²) in [6.07, 6.45) is 3.02. The molecule has 32 heavy (non-hydrogen) atoms. The minimum Gasteiger partial charge on any atom is -0.497 e. The van der Waals surface area contributed by atoms with E-state index >= 15 is 0 Å². The molecule has 2 heterocycles. The summed E-state index contributed by atoms with van der Waals surface area (Å²) >= 11 is 1.38. The fourth-order valence-corrected chi connectivity index (χ4v) is 4.64. The third-order valence-electron chi connectivity index (χ3n) is 5.75. The summed E-state index contributed by atoms with van der Waals surface area (Å²) in [6.45, 7) is 3.23. The van der Waals surface area contributed by atoms with Crippen molar-refractivity contribution in [2.45, 2.75) is 24.9 Å². The Labute approximate surface area is 191 Å². The van der Waals surface area contributed by atoms with Crippen LogP contribution in [0.15, 0.2) is 60.0 Å². The molecule has 0 saturated carbocycles. The number of likely N-dealkylation sites (tertiary alicyclic amines) is 1. The van der Waals surface area contributed by atoms with E-state index in [2.05, 4.69) is 10.2 Å². The molecule has 0 radical (unpaired) electrons. The van der Waals surface area contributed by atoms with E-state index < -0.39 is 0 Å². The van der Waals surface area contributed by atoms with Gasteiger partial charge >= 0.3 is 0 Å². The van der Waals surface area contributed by atoms with Gasteiger partial charge in [-0.2, -0.15) is 0 Å². The van der Waals surface area contributed by atoms with Gasteiger partial charge in [-0.1, -0.05) is 29.5 Å². The maximum atomic E-state index is 12.8. The smallest absolute Gasteiger partial charge is 0.233 e. The quantitative estimate of drug-likeness (QED) is 0.403. The fraction of sp³-hybridized carbons (Fsp3) is 0.333. The average Bonchev–Trinajstić information content (AvgIpc) is 3.31. The predicted octanol–water partition coefficient (Wildman–Crippen LogP) is 3.80. The van der Waals surface area contributed by atoms with Crippen molar-refractivity contribution in [3.8, 4) is 11.4 Å². The monoisotopic (exact) mass is 450 g/mol. The highest BCUT2D eigenvalue weighted by Gasteiger charge is 2.28. The Morgan fingerprint density at radius 1 is 1.06 bits per heavy atom. The Bertz CT molecular complexity index is 1070. The molecule has 0 unspecified atom stereocenters. The van der Waals surface area contributed by atoms with Crippen LogP contribution in [0.2, 0.25) is 0 Å². The van der Waals surface area contributed by atoms with E-state index in [4.69, 9.17) is 4.74 Å². The van der Waals surface area contributed by atoms with E-state index in [0.717, 1.165) is 11.4 Å². The summed E-state index contributed by atoms with van der Waals surface area (Å²) in [5.41, 5.74) is 2.84. The number of aromatic nitrogens is 3. The highest BCUT2D eigenvalue weighted by Crippen LogP contribution is 2.25. The van der Waals surface area contributed by atoms with Crippen LogP contribution in [0.4, 0.5) is 0 Å². The number of thioether (sulfide) groups is 1. The van der Waals surface area contributed by atoms with E-state index in [9.17, 15) is 9.59 Å². The average molecular weight is 451 g/mol. The maximum Gasteiger partial charge on any atom is 0.233 e. The number of carbonyl (C=O) groups excluding carboxylic acids is 2. The van der Waals surface area contributed by atoms with Gasteiger partial charge in [0.15, 0.2) is 10.9 Å². The Balaban J connectivity index is 1.29. The second-order valence-electron chi connectivity index (χ2n) is 7.86. The van der Waals surface area contributed by atoms with Gasteiger partial charge in [0.1, 0.15) is 12.1 Å². The molecule has 0 bridgehead atoms. The lowest BCUT2D eigenvalue weighted by molar-refractivity contribution is -0.129. The molecule has 8 heteroatoms. The molecule has 1 amide bonds. The molecule has 0 spiro atoms. The van der Waals surface area contributed by atoms with Gasteiger partial charge in [-0.3, -0.25) is 14.2 Å². The largest absolute Gasteiger partial charge is 0.497 e. The molecule has 7 nitrogen and oxygen atoms in total. The predicted molar refractivity (Wildman–Crippen MR) is 123 cm³/mol. The SMILES string of the molecule is COc1ccc(C(=O)C2CCN(C(=O)CSc3nncn3-c3ccc(C)cc3)CC2)cc1. The van der Waals surface area contributed by atoms with Crippen LogP contribution in [0.25, 0.3) is 5.69 Å². The fourth-order valence-electron chi connectivity index (χ4n) is 3.80. The highest BCUT2D eigenvalue weighted by atomic mass is 32.2. The van der Waals surface area contributed by atoms with Crippen LogP contribution in [-0.2, 0) is 4.79 Å². The molecule has 1 saturated heterocycles. The number of aryl methyl sites for hydroxylation is 1. The Kier molecular flexibility index (Phi) is 6.90. The molecular formula is C24H26N4O3S.